The third-order valence-corrected chi connectivity index (χ3v) is 3.97. The highest BCUT2D eigenvalue weighted by molar-refractivity contribution is 5.79. The molecule has 1 saturated heterocycles. The van der Waals surface area contributed by atoms with E-state index in [0.29, 0.717) is 18.0 Å². The topological polar surface area (TPSA) is 67.2 Å². The van der Waals surface area contributed by atoms with E-state index in [9.17, 15) is 4.79 Å². The largest absolute Gasteiger partial charge is 0.353 e. The van der Waals surface area contributed by atoms with Crippen molar-refractivity contribution in [3.05, 3.63) is 0 Å². The van der Waals surface area contributed by atoms with E-state index in [1.807, 2.05) is 0 Å². The van der Waals surface area contributed by atoms with Gasteiger partial charge in [0.2, 0.25) is 5.91 Å². The highest BCUT2D eigenvalue weighted by Gasteiger charge is 2.31. The Bertz CT molecular complexity index is 249. The Kier molecular flexibility index (Phi) is 3.82. The molecular formula is C12H23N3O. The summed E-state index contributed by atoms with van der Waals surface area (Å²) in [5.74, 6) is 0.861. The van der Waals surface area contributed by atoms with Crippen LogP contribution in [0.25, 0.3) is 0 Å². The molecule has 4 nitrogen and oxygen atoms in total. The Labute approximate surface area is 97.3 Å². The van der Waals surface area contributed by atoms with Crippen molar-refractivity contribution in [2.45, 2.75) is 44.7 Å². The summed E-state index contributed by atoms with van der Waals surface area (Å²) in [5, 5.41) is 6.44. The van der Waals surface area contributed by atoms with E-state index in [2.05, 4.69) is 17.6 Å². The van der Waals surface area contributed by atoms with Crippen molar-refractivity contribution < 1.29 is 4.79 Å². The molecular weight excluding hydrogens is 202 g/mol. The highest BCUT2D eigenvalue weighted by atomic mass is 16.2. The summed E-state index contributed by atoms with van der Waals surface area (Å²) in [6, 6.07) is 0.709. The van der Waals surface area contributed by atoms with Crippen LogP contribution >= 0.6 is 0 Å². The minimum Gasteiger partial charge on any atom is -0.353 e. The van der Waals surface area contributed by atoms with E-state index < -0.39 is 0 Å². The summed E-state index contributed by atoms with van der Waals surface area (Å²) < 4.78 is 0. The zero-order chi connectivity index (χ0) is 11.5. The predicted octanol–water partition coefficient (Wildman–Crippen LogP) is 0.228. The van der Waals surface area contributed by atoms with E-state index in [0.717, 1.165) is 38.8 Å². The molecule has 0 radical (unpaired) electrons. The maximum atomic E-state index is 12.0. The van der Waals surface area contributed by atoms with Gasteiger partial charge in [0.1, 0.15) is 0 Å². The van der Waals surface area contributed by atoms with Crippen LogP contribution in [0.15, 0.2) is 0 Å². The van der Waals surface area contributed by atoms with E-state index in [-0.39, 0.29) is 11.8 Å². The second-order valence-electron chi connectivity index (χ2n) is 5.36. The zero-order valence-corrected chi connectivity index (χ0v) is 10.0. The van der Waals surface area contributed by atoms with Gasteiger partial charge in [0.15, 0.2) is 0 Å². The number of carbonyl (C=O) groups excluding carboxylic acids is 1. The molecule has 0 spiro atoms. The second-order valence-corrected chi connectivity index (χ2v) is 5.36. The van der Waals surface area contributed by atoms with E-state index in [4.69, 9.17) is 5.73 Å². The predicted molar refractivity (Wildman–Crippen MR) is 63.9 cm³/mol. The van der Waals surface area contributed by atoms with Crippen molar-refractivity contribution in [3.8, 4) is 0 Å². The molecule has 1 heterocycles. The van der Waals surface area contributed by atoms with Crippen LogP contribution in [-0.4, -0.2) is 31.1 Å². The first kappa shape index (κ1) is 11.9. The standard InChI is InChI=1S/C12H23N3O/c1-8-6-14-7-11(8)12(16)15-10-4-2-9(13)3-5-10/h8-11,14H,2-7,13H2,1H3,(H,15,16)/t8-,9?,10?,11-/m1/s1. The molecule has 0 unspecified atom stereocenters. The molecule has 0 bridgehead atoms. The number of nitrogens with one attached hydrogen (secondary N) is 2. The van der Waals surface area contributed by atoms with Crippen LogP contribution in [0.2, 0.25) is 0 Å². The highest BCUT2D eigenvalue weighted by Crippen LogP contribution is 2.20. The van der Waals surface area contributed by atoms with Gasteiger partial charge in [-0.25, -0.2) is 0 Å². The van der Waals surface area contributed by atoms with Gasteiger partial charge >= 0.3 is 0 Å². The molecule has 92 valence electrons. The maximum absolute atomic E-state index is 12.0. The van der Waals surface area contributed by atoms with Gasteiger partial charge in [-0.3, -0.25) is 4.79 Å². The molecule has 0 aromatic carbocycles. The summed E-state index contributed by atoms with van der Waals surface area (Å²) in [5.41, 5.74) is 5.85. The van der Waals surface area contributed by atoms with Crippen LogP contribution in [0.1, 0.15) is 32.6 Å². The molecule has 0 aromatic heterocycles. The first-order valence-electron chi connectivity index (χ1n) is 6.43. The first-order chi connectivity index (χ1) is 7.66. The van der Waals surface area contributed by atoms with Crippen LogP contribution in [0.4, 0.5) is 0 Å². The summed E-state index contributed by atoms with van der Waals surface area (Å²) in [7, 11) is 0. The Hall–Kier alpha value is -0.610. The van der Waals surface area contributed by atoms with Gasteiger partial charge < -0.3 is 16.4 Å². The van der Waals surface area contributed by atoms with Crippen molar-refractivity contribution in [2.24, 2.45) is 17.6 Å². The van der Waals surface area contributed by atoms with Crippen molar-refractivity contribution in [1.29, 1.82) is 0 Å². The lowest BCUT2D eigenvalue weighted by atomic mass is 9.90. The molecule has 4 heteroatoms. The van der Waals surface area contributed by atoms with Gasteiger partial charge in [0, 0.05) is 18.6 Å². The molecule has 1 saturated carbocycles. The first-order valence-corrected chi connectivity index (χ1v) is 6.43. The number of carbonyl (C=O) groups is 1. The summed E-state index contributed by atoms with van der Waals surface area (Å²) in [4.78, 5) is 12.0. The third-order valence-electron chi connectivity index (χ3n) is 3.97. The lowest BCUT2D eigenvalue weighted by Crippen LogP contribution is -2.44. The van der Waals surface area contributed by atoms with E-state index >= 15 is 0 Å². The number of hydrogen-bond acceptors (Lipinski definition) is 3. The third kappa shape index (κ3) is 2.74. The Morgan fingerprint density at radius 2 is 1.94 bits per heavy atom. The van der Waals surface area contributed by atoms with Gasteiger partial charge in [0.05, 0.1) is 5.92 Å². The number of rotatable bonds is 2. The van der Waals surface area contributed by atoms with Gasteiger partial charge in [-0.05, 0) is 38.1 Å². The molecule has 4 N–H and O–H groups in total. The molecule has 1 aliphatic heterocycles. The second kappa shape index (κ2) is 5.15. The monoisotopic (exact) mass is 225 g/mol. The van der Waals surface area contributed by atoms with Gasteiger partial charge in [-0.15, -0.1) is 0 Å². The van der Waals surface area contributed by atoms with E-state index in [1.54, 1.807) is 0 Å². The zero-order valence-electron chi connectivity index (χ0n) is 10.0. The van der Waals surface area contributed by atoms with Crippen LogP contribution in [-0.2, 0) is 4.79 Å². The maximum Gasteiger partial charge on any atom is 0.224 e. The normalized spacial score (nSPS) is 39.6. The number of amides is 1. The van der Waals surface area contributed by atoms with Crippen molar-refractivity contribution in [3.63, 3.8) is 0 Å². The van der Waals surface area contributed by atoms with Gasteiger partial charge in [0.25, 0.3) is 0 Å². The van der Waals surface area contributed by atoms with Gasteiger partial charge in [-0.1, -0.05) is 6.92 Å². The van der Waals surface area contributed by atoms with Crippen LogP contribution in [0.3, 0.4) is 0 Å². The molecule has 2 atom stereocenters. The van der Waals surface area contributed by atoms with Crippen LogP contribution in [0, 0.1) is 11.8 Å². The lowest BCUT2D eigenvalue weighted by molar-refractivity contribution is -0.126. The number of hydrogen-bond donors (Lipinski definition) is 3. The van der Waals surface area contributed by atoms with E-state index in [1.165, 1.54) is 0 Å². The van der Waals surface area contributed by atoms with Crippen molar-refractivity contribution in [2.75, 3.05) is 13.1 Å². The van der Waals surface area contributed by atoms with Crippen LogP contribution in [0.5, 0.6) is 0 Å². The molecule has 1 amide bonds. The fourth-order valence-corrected chi connectivity index (χ4v) is 2.73. The van der Waals surface area contributed by atoms with Gasteiger partial charge in [-0.2, -0.15) is 0 Å². The summed E-state index contributed by atoms with van der Waals surface area (Å²) >= 11 is 0. The molecule has 2 fully saturated rings. The van der Waals surface area contributed by atoms with Crippen molar-refractivity contribution >= 4 is 5.91 Å². The fourth-order valence-electron chi connectivity index (χ4n) is 2.73. The van der Waals surface area contributed by atoms with Crippen molar-refractivity contribution in [1.82, 2.24) is 10.6 Å². The smallest absolute Gasteiger partial charge is 0.224 e. The SMILES string of the molecule is C[C@@H]1CNC[C@H]1C(=O)NC1CCC(N)CC1. The summed E-state index contributed by atoms with van der Waals surface area (Å²) in [6.07, 6.45) is 4.18. The van der Waals surface area contributed by atoms with Crippen LogP contribution < -0.4 is 16.4 Å². The minimum absolute atomic E-state index is 0.163. The Morgan fingerprint density at radius 3 is 2.50 bits per heavy atom. The molecule has 2 aliphatic rings. The molecule has 2 rings (SSSR count). The number of nitrogens with two attached hydrogens (primary N) is 1. The molecule has 1 aliphatic carbocycles. The molecule has 16 heavy (non-hydrogen) atoms. The fraction of sp³-hybridized carbons (Fsp3) is 0.917. The minimum atomic E-state index is 0.163. The Morgan fingerprint density at radius 1 is 1.25 bits per heavy atom. The lowest BCUT2D eigenvalue weighted by Gasteiger charge is -2.28. The average Bonchev–Trinajstić information content (AvgIpc) is 2.68. The Balaban J connectivity index is 1.78. The summed E-state index contributed by atoms with van der Waals surface area (Å²) in [6.45, 7) is 3.94. The quantitative estimate of drug-likeness (QED) is 0.630. The average molecular weight is 225 g/mol. The molecule has 0 aromatic rings.